The van der Waals surface area contributed by atoms with Crippen LogP contribution in [-0.2, 0) is 9.47 Å². The first kappa shape index (κ1) is 11.9. The van der Waals surface area contributed by atoms with Crippen LogP contribution in [0.5, 0.6) is 0 Å². The van der Waals surface area contributed by atoms with Crippen LogP contribution in [0.15, 0.2) is 0 Å². The fraction of sp³-hybridized carbons (Fsp3) is 1.00. The molecule has 3 nitrogen and oxygen atoms in total. The summed E-state index contributed by atoms with van der Waals surface area (Å²) >= 11 is 0. The molecular weight excluding hydrogens is 214 g/mol. The van der Waals surface area contributed by atoms with Gasteiger partial charge in [0, 0.05) is 25.2 Å². The maximum atomic E-state index is 6.00. The van der Waals surface area contributed by atoms with Crippen molar-refractivity contribution in [3.8, 4) is 0 Å². The van der Waals surface area contributed by atoms with Crippen LogP contribution >= 0.6 is 0 Å². The van der Waals surface area contributed by atoms with Gasteiger partial charge in [0.2, 0.25) is 0 Å². The van der Waals surface area contributed by atoms with Crippen molar-refractivity contribution in [3.63, 3.8) is 0 Å². The van der Waals surface area contributed by atoms with Crippen molar-refractivity contribution in [2.24, 2.45) is 17.3 Å². The van der Waals surface area contributed by atoms with Gasteiger partial charge in [-0.3, -0.25) is 0 Å². The molecule has 0 bridgehead atoms. The molecule has 0 spiro atoms. The van der Waals surface area contributed by atoms with Gasteiger partial charge in [-0.05, 0) is 51.0 Å². The summed E-state index contributed by atoms with van der Waals surface area (Å²) in [5.74, 6) is 1.68. The molecule has 0 radical (unpaired) electrons. The molecule has 0 aromatic carbocycles. The molecule has 17 heavy (non-hydrogen) atoms. The zero-order chi connectivity index (χ0) is 11.7. The molecule has 1 saturated heterocycles. The van der Waals surface area contributed by atoms with Crippen LogP contribution in [0.4, 0.5) is 0 Å². The molecule has 1 N–H and O–H groups in total. The van der Waals surface area contributed by atoms with Crippen LogP contribution in [0.1, 0.15) is 32.1 Å². The van der Waals surface area contributed by atoms with Gasteiger partial charge in [-0.2, -0.15) is 0 Å². The Morgan fingerprint density at radius 1 is 1.29 bits per heavy atom. The Bertz CT molecular complexity index is 263. The van der Waals surface area contributed by atoms with Gasteiger partial charge in [-0.25, -0.2) is 0 Å². The van der Waals surface area contributed by atoms with E-state index in [-0.39, 0.29) is 5.41 Å². The lowest BCUT2D eigenvalue weighted by molar-refractivity contribution is -0.0265. The van der Waals surface area contributed by atoms with Crippen LogP contribution in [0, 0.1) is 17.3 Å². The van der Waals surface area contributed by atoms with Gasteiger partial charge in [-0.1, -0.05) is 0 Å². The number of ether oxygens (including phenoxy) is 2. The topological polar surface area (TPSA) is 30.5 Å². The highest BCUT2D eigenvalue weighted by Gasteiger charge is 2.50. The van der Waals surface area contributed by atoms with Crippen molar-refractivity contribution < 1.29 is 9.47 Å². The number of hydrogen-bond acceptors (Lipinski definition) is 3. The molecule has 2 saturated carbocycles. The summed E-state index contributed by atoms with van der Waals surface area (Å²) in [7, 11) is 2.05. The highest BCUT2D eigenvalue weighted by molar-refractivity contribution is 5.00. The predicted molar refractivity (Wildman–Crippen MR) is 67.0 cm³/mol. The van der Waals surface area contributed by atoms with E-state index in [2.05, 4.69) is 5.32 Å². The van der Waals surface area contributed by atoms with E-state index in [9.17, 15) is 0 Å². The molecule has 0 aromatic rings. The van der Waals surface area contributed by atoms with E-state index in [0.29, 0.717) is 6.10 Å². The van der Waals surface area contributed by atoms with Crippen molar-refractivity contribution in [1.82, 2.24) is 5.32 Å². The molecule has 98 valence electrons. The van der Waals surface area contributed by atoms with E-state index in [1.807, 2.05) is 7.05 Å². The first-order chi connectivity index (χ1) is 8.34. The first-order valence-electron chi connectivity index (χ1n) is 7.18. The van der Waals surface area contributed by atoms with Crippen LogP contribution < -0.4 is 5.32 Å². The maximum Gasteiger partial charge on any atom is 0.0694 e. The second kappa shape index (κ2) is 4.87. The summed E-state index contributed by atoms with van der Waals surface area (Å²) in [6.07, 6.45) is 7.09. The summed E-state index contributed by atoms with van der Waals surface area (Å²) in [5, 5.41) is 3.36. The second-order valence-corrected chi connectivity index (χ2v) is 6.23. The molecule has 3 rings (SSSR count). The third kappa shape index (κ3) is 2.67. The first-order valence-corrected chi connectivity index (χ1v) is 7.18. The van der Waals surface area contributed by atoms with Crippen LogP contribution in [0.3, 0.4) is 0 Å². The predicted octanol–water partition coefficient (Wildman–Crippen LogP) is 1.82. The maximum absolute atomic E-state index is 6.00. The van der Waals surface area contributed by atoms with E-state index < -0.39 is 0 Å². The standard InChI is InChI=1S/C14H25NO2/c1-15-9-14(10-16-8-11-2-3-11)6-7-17-13(14)12-4-5-12/h11-13,15H,2-10H2,1H3. The van der Waals surface area contributed by atoms with Gasteiger partial charge in [0.1, 0.15) is 0 Å². The molecule has 2 aliphatic carbocycles. The van der Waals surface area contributed by atoms with Gasteiger partial charge >= 0.3 is 0 Å². The number of rotatable bonds is 7. The Morgan fingerprint density at radius 2 is 2.12 bits per heavy atom. The average Bonchev–Trinajstić information content (AvgIpc) is 3.20. The zero-order valence-corrected chi connectivity index (χ0v) is 10.9. The molecule has 0 amide bonds. The molecule has 3 heteroatoms. The lowest BCUT2D eigenvalue weighted by Gasteiger charge is -2.34. The smallest absolute Gasteiger partial charge is 0.0694 e. The summed E-state index contributed by atoms with van der Waals surface area (Å²) < 4.78 is 12.0. The summed E-state index contributed by atoms with van der Waals surface area (Å²) in [4.78, 5) is 0. The fourth-order valence-corrected chi connectivity index (χ4v) is 3.20. The Kier molecular flexibility index (Phi) is 3.42. The van der Waals surface area contributed by atoms with E-state index in [1.54, 1.807) is 0 Å². The normalized spacial score (nSPS) is 37.6. The molecule has 0 aromatic heterocycles. The quantitative estimate of drug-likeness (QED) is 0.735. The van der Waals surface area contributed by atoms with Crippen molar-refractivity contribution in [1.29, 1.82) is 0 Å². The third-order valence-corrected chi connectivity index (χ3v) is 4.52. The van der Waals surface area contributed by atoms with Gasteiger partial charge < -0.3 is 14.8 Å². The third-order valence-electron chi connectivity index (χ3n) is 4.52. The lowest BCUT2D eigenvalue weighted by Crippen LogP contribution is -2.44. The minimum atomic E-state index is 0.255. The lowest BCUT2D eigenvalue weighted by atomic mass is 9.79. The number of hydrogen-bond donors (Lipinski definition) is 1. The van der Waals surface area contributed by atoms with E-state index >= 15 is 0 Å². The molecule has 1 aliphatic heterocycles. The van der Waals surface area contributed by atoms with E-state index in [0.717, 1.165) is 38.2 Å². The average molecular weight is 239 g/mol. The van der Waals surface area contributed by atoms with Crippen molar-refractivity contribution in [2.45, 2.75) is 38.2 Å². The molecular formula is C14H25NO2. The summed E-state index contributed by atoms with van der Waals surface area (Å²) in [6.45, 7) is 3.84. The van der Waals surface area contributed by atoms with Crippen LogP contribution in [0.2, 0.25) is 0 Å². The minimum absolute atomic E-state index is 0.255. The van der Waals surface area contributed by atoms with Gasteiger partial charge in [0.25, 0.3) is 0 Å². The highest BCUT2D eigenvalue weighted by atomic mass is 16.5. The Balaban J connectivity index is 1.58. The summed E-state index contributed by atoms with van der Waals surface area (Å²) in [6, 6.07) is 0. The van der Waals surface area contributed by atoms with Gasteiger partial charge in [0.15, 0.2) is 0 Å². The molecule has 2 atom stereocenters. The Hall–Kier alpha value is -0.120. The molecule has 2 unspecified atom stereocenters. The molecule has 1 heterocycles. The monoisotopic (exact) mass is 239 g/mol. The fourth-order valence-electron chi connectivity index (χ4n) is 3.20. The van der Waals surface area contributed by atoms with Gasteiger partial charge in [-0.15, -0.1) is 0 Å². The number of nitrogens with one attached hydrogen (secondary N) is 1. The largest absolute Gasteiger partial charge is 0.380 e. The van der Waals surface area contributed by atoms with E-state index in [4.69, 9.17) is 9.47 Å². The molecule has 3 aliphatic rings. The van der Waals surface area contributed by atoms with Crippen LogP contribution in [0.25, 0.3) is 0 Å². The van der Waals surface area contributed by atoms with Crippen LogP contribution in [-0.4, -0.2) is 39.5 Å². The van der Waals surface area contributed by atoms with Crippen molar-refractivity contribution in [2.75, 3.05) is 33.4 Å². The Morgan fingerprint density at radius 3 is 2.76 bits per heavy atom. The van der Waals surface area contributed by atoms with Crippen molar-refractivity contribution in [3.05, 3.63) is 0 Å². The van der Waals surface area contributed by atoms with E-state index in [1.165, 1.54) is 32.1 Å². The second-order valence-electron chi connectivity index (χ2n) is 6.23. The molecule has 3 fully saturated rings. The summed E-state index contributed by atoms with van der Waals surface area (Å²) in [5.41, 5.74) is 0.255. The Labute approximate surface area is 104 Å². The minimum Gasteiger partial charge on any atom is -0.380 e. The zero-order valence-electron chi connectivity index (χ0n) is 10.9. The SMILES string of the molecule is CNCC1(COCC2CC2)CCOC1C1CC1. The van der Waals surface area contributed by atoms with Crippen molar-refractivity contribution >= 4 is 0 Å². The van der Waals surface area contributed by atoms with Gasteiger partial charge in [0.05, 0.1) is 12.7 Å². The highest BCUT2D eigenvalue weighted by Crippen LogP contribution is 2.48.